The van der Waals surface area contributed by atoms with Gasteiger partial charge in [0, 0.05) is 12.1 Å². The number of rotatable bonds is 5. The van der Waals surface area contributed by atoms with Crippen molar-refractivity contribution in [3.05, 3.63) is 34.9 Å². The Morgan fingerprint density at radius 3 is 2.25 bits per heavy atom. The fraction of sp³-hybridized carbons (Fsp3) is 0.500. The molecule has 4 heteroatoms. The van der Waals surface area contributed by atoms with Gasteiger partial charge in [-0.3, -0.25) is 4.79 Å². The summed E-state index contributed by atoms with van der Waals surface area (Å²) in [4.78, 5) is 14.3. The van der Waals surface area contributed by atoms with Crippen LogP contribution in [-0.4, -0.2) is 17.9 Å². The van der Waals surface area contributed by atoms with E-state index in [1.807, 2.05) is 45.0 Å². The van der Waals surface area contributed by atoms with Crippen molar-refractivity contribution in [3.8, 4) is 6.07 Å². The molecule has 0 fully saturated rings. The van der Waals surface area contributed by atoms with E-state index in [4.69, 9.17) is 11.6 Å². The molecule has 1 rings (SSSR count). The van der Waals surface area contributed by atoms with Gasteiger partial charge in [0.15, 0.2) is 0 Å². The summed E-state index contributed by atoms with van der Waals surface area (Å²) in [7, 11) is 1.75. The van der Waals surface area contributed by atoms with E-state index in [2.05, 4.69) is 6.07 Å². The van der Waals surface area contributed by atoms with E-state index in [9.17, 15) is 10.1 Å². The third-order valence-electron chi connectivity index (χ3n) is 4.08. The second kappa shape index (κ2) is 6.76. The number of nitriles is 1. The van der Waals surface area contributed by atoms with Crippen LogP contribution in [-0.2, 0) is 4.79 Å². The second-order valence-electron chi connectivity index (χ2n) is 5.04. The number of nitrogens with zero attached hydrogens (tertiary/aromatic N) is 2. The molecule has 0 radical (unpaired) electrons. The van der Waals surface area contributed by atoms with Gasteiger partial charge in [0.2, 0.25) is 5.91 Å². The van der Waals surface area contributed by atoms with E-state index in [1.54, 1.807) is 11.9 Å². The molecule has 0 heterocycles. The zero-order chi connectivity index (χ0) is 15.3. The zero-order valence-electron chi connectivity index (χ0n) is 12.5. The van der Waals surface area contributed by atoms with Crippen LogP contribution >= 0.6 is 11.6 Å². The third kappa shape index (κ3) is 3.13. The average molecular weight is 293 g/mol. The highest BCUT2D eigenvalue weighted by Gasteiger charge is 2.38. The van der Waals surface area contributed by atoms with Crippen LogP contribution in [0.3, 0.4) is 0 Å². The first kappa shape index (κ1) is 16.5. The van der Waals surface area contributed by atoms with Gasteiger partial charge in [0.25, 0.3) is 0 Å². The van der Waals surface area contributed by atoms with Crippen molar-refractivity contribution in [3.63, 3.8) is 0 Å². The van der Waals surface area contributed by atoms with Crippen molar-refractivity contribution in [1.29, 1.82) is 5.26 Å². The Kier molecular flexibility index (Phi) is 5.59. The summed E-state index contributed by atoms with van der Waals surface area (Å²) in [5.41, 5.74) is 0.0828. The molecule has 0 aromatic heterocycles. The molecule has 0 spiro atoms. The smallest absolute Gasteiger partial charge is 0.243 e. The minimum absolute atomic E-state index is 0.0920. The molecule has 3 nitrogen and oxygen atoms in total. The van der Waals surface area contributed by atoms with Crippen molar-refractivity contribution in [2.75, 3.05) is 7.05 Å². The molecule has 0 aliphatic carbocycles. The van der Waals surface area contributed by atoms with E-state index < -0.39 is 5.41 Å². The van der Waals surface area contributed by atoms with Crippen molar-refractivity contribution in [2.24, 2.45) is 5.41 Å². The quantitative estimate of drug-likeness (QED) is 0.817. The number of carbonyl (C=O) groups is 1. The summed E-state index contributed by atoms with van der Waals surface area (Å²) < 4.78 is 0. The molecule has 0 aliphatic rings. The molecule has 1 aromatic rings. The fourth-order valence-corrected chi connectivity index (χ4v) is 2.36. The van der Waals surface area contributed by atoms with E-state index >= 15 is 0 Å². The van der Waals surface area contributed by atoms with Crippen LogP contribution < -0.4 is 0 Å². The van der Waals surface area contributed by atoms with E-state index in [1.165, 1.54) is 0 Å². The Bertz CT molecular complexity index is 500. The Labute approximate surface area is 126 Å². The summed E-state index contributed by atoms with van der Waals surface area (Å²) in [6.07, 6.45) is 1.05. The molecule has 20 heavy (non-hydrogen) atoms. The molecular weight excluding hydrogens is 272 g/mol. The Hall–Kier alpha value is -1.53. The number of carbonyl (C=O) groups excluding carboxylic acids is 1. The highest BCUT2D eigenvalue weighted by molar-refractivity contribution is 6.30. The number of benzene rings is 1. The second-order valence-corrected chi connectivity index (χ2v) is 5.48. The first-order chi connectivity index (χ1) is 9.41. The van der Waals surface area contributed by atoms with Crippen LogP contribution in [0.15, 0.2) is 24.3 Å². The highest BCUT2D eigenvalue weighted by Crippen LogP contribution is 2.31. The number of hydrogen-bond donors (Lipinski definition) is 0. The van der Waals surface area contributed by atoms with Crippen molar-refractivity contribution < 1.29 is 4.79 Å². The van der Waals surface area contributed by atoms with E-state index in [0.717, 1.165) is 5.56 Å². The third-order valence-corrected chi connectivity index (χ3v) is 4.34. The zero-order valence-corrected chi connectivity index (χ0v) is 13.2. The lowest BCUT2D eigenvalue weighted by atomic mass is 9.82. The van der Waals surface area contributed by atoms with Gasteiger partial charge in [-0.15, -0.1) is 0 Å². The highest BCUT2D eigenvalue weighted by atomic mass is 35.5. The standard InChI is InChI=1S/C16H21ClN2O/c1-5-16(6-2,11-18)15(20)19(4)12(3)13-7-9-14(17)10-8-13/h7-10,12H,5-6H2,1-4H3. The first-order valence-electron chi connectivity index (χ1n) is 6.85. The molecule has 0 bridgehead atoms. The van der Waals surface area contributed by atoms with Gasteiger partial charge in [-0.25, -0.2) is 0 Å². The van der Waals surface area contributed by atoms with Crippen LogP contribution in [0, 0.1) is 16.7 Å². The molecule has 1 amide bonds. The molecule has 0 saturated heterocycles. The Balaban J connectivity index is 2.99. The lowest BCUT2D eigenvalue weighted by Gasteiger charge is -2.32. The van der Waals surface area contributed by atoms with Crippen LogP contribution in [0.2, 0.25) is 5.02 Å². The Morgan fingerprint density at radius 1 is 1.35 bits per heavy atom. The molecule has 108 valence electrons. The maximum atomic E-state index is 12.6. The first-order valence-corrected chi connectivity index (χ1v) is 7.23. The molecule has 0 saturated carbocycles. The SMILES string of the molecule is CCC(C#N)(CC)C(=O)N(C)C(C)c1ccc(Cl)cc1. The normalized spacial score (nSPS) is 12.6. The fourth-order valence-electron chi connectivity index (χ4n) is 2.24. The van der Waals surface area contributed by atoms with Gasteiger partial charge in [0.1, 0.15) is 5.41 Å². The summed E-state index contributed by atoms with van der Waals surface area (Å²) in [6.45, 7) is 5.71. The van der Waals surface area contributed by atoms with Crippen LogP contribution in [0.1, 0.15) is 45.2 Å². The lowest BCUT2D eigenvalue weighted by Crippen LogP contribution is -2.41. The van der Waals surface area contributed by atoms with Crippen molar-refractivity contribution >= 4 is 17.5 Å². The summed E-state index contributed by atoms with van der Waals surface area (Å²) in [5, 5.41) is 10.0. The molecule has 1 unspecified atom stereocenters. The summed E-state index contributed by atoms with van der Waals surface area (Å²) in [6, 6.07) is 9.53. The largest absolute Gasteiger partial charge is 0.338 e. The van der Waals surface area contributed by atoms with Gasteiger partial charge in [-0.2, -0.15) is 5.26 Å². The van der Waals surface area contributed by atoms with Crippen LogP contribution in [0.25, 0.3) is 0 Å². The van der Waals surface area contributed by atoms with Gasteiger partial charge < -0.3 is 4.90 Å². The molecule has 1 aromatic carbocycles. The van der Waals surface area contributed by atoms with Gasteiger partial charge in [-0.1, -0.05) is 37.6 Å². The molecule has 0 aliphatic heterocycles. The van der Waals surface area contributed by atoms with Crippen LogP contribution in [0.5, 0.6) is 0 Å². The summed E-state index contributed by atoms with van der Waals surface area (Å²) in [5.74, 6) is -0.118. The minimum Gasteiger partial charge on any atom is -0.338 e. The number of halogens is 1. The number of amides is 1. The van der Waals surface area contributed by atoms with E-state index in [0.29, 0.717) is 17.9 Å². The van der Waals surface area contributed by atoms with Gasteiger partial charge >= 0.3 is 0 Å². The number of hydrogen-bond acceptors (Lipinski definition) is 2. The lowest BCUT2D eigenvalue weighted by molar-refractivity contribution is -0.140. The van der Waals surface area contributed by atoms with Gasteiger partial charge in [-0.05, 0) is 37.5 Å². The summed E-state index contributed by atoms with van der Waals surface area (Å²) >= 11 is 5.87. The maximum absolute atomic E-state index is 12.6. The van der Waals surface area contributed by atoms with Gasteiger partial charge in [0.05, 0.1) is 12.1 Å². The van der Waals surface area contributed by atoms with E-state index in [-0.39, 0.29) is 11.9 Å². The monoisotopic (exact) mass is 292 g/mol. The predicted octanol–water partition coefficient (Wildman–Crippen LogP) is 4.19. The topological polar surface area (TPSA) is 44.1 Å². The molecule has 0 N–H and O–H groups in total. The predicted molar refractivity (Wildman–Crippen MR) is 81.3 cm³/mol. The average Bonchev–Trinajstić information content (AvgIpc) is 2.48. The van der Waals surface area contributed by atoms with Crippen molar-refractivity contribution in [1.82, 2.24) is 4.90 Å². The molecular formula is C16H21ClN2O. The molecule has 1 atom stereocenters. The minimum atomic E-state index is -0.921. The van der Waals surface area contributed by atoms with Crippen LogP contribution in [0.4, 0.5) is 0 Å². The Morgan fingerprint density at radius 2 is 1.85 bits per heavy atom. The van der Waals surface area contributed by atoms with Crippen molar-refractivity contribution in [2.45, 2.75) is 39.7 Å². The maximum Gasteiger partial charge on any atom is 0.243 e.